The Morgan fingerprint density at radius 3 is 2.79 bits per heavy atom. The van der Waals surface area contributed by atoms with Gasteiger partial charge in [0.15, 0.2) is 0 Å². The zero-order valence-corrected chi connectivity index (χ0v) is 15.7. The normalized spacial score (nSPS) is 14.4. The molecule has 3 heterocycles. The molecule has 140 valence electrons. The first-order valence-corrected chi connectivity index (χ1v) is 9.56. The fourth-order valence-corrected chi connectivity index (χ4v) is 4.06. The van der Waals surface area contributed by atoms with Gasteiger partial charge in [-0.05, 0) is 48.4 Å². The number of benzene rings is 2. The first-order valence-electron chi connectivity index (χ1n) is 9.56. The maximum absolute atomic E-state index is 13.4. The summed E-state index contributed by atoms with van der Waals surface area (Å²) in [5.74, 6) is 0.617. The molecule has 1 aliphatic heterocycles. The van der Waals surface area contributed by atoms with Crippen molar-refractivity contribution in [3.63, 3.8) is 0 Å². The molecule has 0 saturated heterocycles. The van der Waals surface area contributed by atoms with Crippen molar-refractivity contribution in [2.45, 2.75) is 26.4 Å². The number of fused-ring (bicyclic) bond motifs is 2. The molecule has 28 heavy (non-hydrogen) atoms. The fraction of sp³-hybridized carbons (Fsp3) is 0.217. The van der Waals surface area contributed by atoms with Crippen LogP contribution in [-0.2, 0) is 19.5 Å². The van der Waals surface area contributed by atoms with E-state index in [0.29, 0.717) is 0 Å². The minimum Gasteiger partial charge on any atom is -0.354 e. The fourth-order valence-electron chi connectivity index (χ4n) is 4.06. The van der Waals surface area contributed by atoms with E-state index >= 15 is 0 Å². The lowest BCUT2D eigenvalue weighted by Crippen LogP contribution is -2.31. The van der Waals surface area contributed by atoms with Crippen LogP contribution in [0.15, 0.2) is 54.7 Å². The highest BCUT2D eigenvalue weighted by Crippen LogP contribution is 2.32. The van der Waals surface area contributed by atoms with E-state index in [2.05, 4.69) is 38.1 Å². The Labute approximate surface area is 163 Å². The molecule has 4 nitrogen and oxygen atoms in total. The van der Waals surface area contributed by atoms with Gasteiger partial charge < -0.3 is 4.98 Å². The Hall–Kier alpha value is -3.05. The third-order valence-corrected chi connectivity index (χ3v) is 5.46. The van der Waals surface area contributed by atoms with Gasteiger partial charge in [0.25, 0.3) is 0 Å². The van der Waals surface area contributed by atoms with Gasteiger partial charge in [0.2, 0.25) is 0 Å². The summed E-state index contributed by atoms with van der Waals surface area (Å²) in [6, 6.07) is 15.1. The molecule has 0 unspecified atom stereocenters. The van der Waals surface area contributed by atoms with Gasteiger partial charge in [-0.25, -0.2) is 14.4 Å². The summed E-state index contributed by atoms with van der Waals surface area (Å²) < 4.78 is 13.4. The van der Waals surface area contributed by atoms with Crippen molar-refractivity contribution in [1.82, 2.24) is 19.9 Å². The molecule has 0 atom stereocenters. The predicted octanol–water partition coefficient (Wildman–Crippen LogP) is 4.63. The molecule has 0 spiro atoms. The van der Waals surface area contributed by atoms with Gasteiger partial charge in [-0.1, -0.05) is 18.2 Å². The Morgan fingerprint density at radius 1 is 1.11 bits per heavy atom. The minimum absolute atomic E-state index is 0.218. The second kappa shape index (κ2) is 6.84. The van der Waals surface area contributed by atoms with Gasteiger partial charge in [-0.15, -0.1) is 0 Å². The molecule has 0 saturated carbocycles. The molecular weight excluding hydrogens is 351 g/mol. The Morgan fingerprint density at radius 2 is 1.93 bits per heavy atom. The van der Waals surface area contributed by atoms with E-state index < -0.39 is 0 Å². The third kappa shape index (κ3) is 3.08. The molecule has 0 fully saturated rings. The van der Waals surface area contributed by atoms with Gasteiger partial charge in [0.1, 0.15) is 11.6 Å². The monoisotopic (exact) mass is 372 g/mol. The zero-order chi connectivity index (χ0) is 19.1. The average molecular weight is 372 g/mol. The smallest absolute Gasteiger partial charge is 0.125 e. The van der Waals surface area contributed by atoms with E-state index in [1.165, 1.54) is 34.3 Å². The summed E-state index contributed by atoms with van der Waals surface area (Å²) in [4.78, 5) is 14.9. The van der Waals surface area contributed by atoms with Crippen molar-refractivity contribution in [1.29, 1.82) is 0 Å². The van der Waals surface area contributed by atoms with Crippen LogP contribution in [0.2, 0.25) is 0 Å². The molecule has 1 N–H and O–H groups in total. The van der Waals surface area contributed by atoms with Crippen LogP contribution < -0.4 is 0 Å². The van der Waals surface area contributed by atoms with Gasteiger partial charge >= 0.3 is 0 Å². The van der Waals surface area contributed by atoms with Crippen LogP contribution in [0.25, 0.3) is 22.2 Å². The lowest BCUT2D eigenvalue weighted by molar-refractivity contribution is 0.244. The lowest BCUT2D eigenvalue weighted by Gasteiger charge is -2.28. The number of rotatable bonds is 3. The van der Waals surface area contributed by atoms with Crippen molar-refractivity contribution < 1.29 is 4.39 Å². The highest BCUT2D eigenvalue weighted by atomic mass is 19.1. The predicted molar refractivity (Wildman–Crippen MR) is 108 cm³/mol. The maximum Gasteiger partial charge on any atom is 0.125 e. The van der Waals surface area contributed by atoms with Crippen LogP contribution in [0, 0.1) is 12.7 Å². The number of nitrogens with one attached hydrogen (secondary N) is 1. The number of H-pyrrole nitrogens is 1. The maximum atomic E-state index is 13.4. The molecule has 0 amide bonds. The SMILES string of the molecule is Cc1ncc2c(n1)CCN(Cc1c(-c3ccc(F)cc3)[nH]c3ccccc13)C2. The number of para-hydroxylation sites is 1. The molecule has 0 bridgehead atoms. The average Bonchev–Trinajstić information content (AvgIpc) is 3.07. The third-order valence-electron chi connectivity index (χ3n) is 5.46. The summed E-state index contributed by atoms with van der Waals surface area (Å²) >= 11 is 0. The van der Waals surface area contributed by atoms with Crippen LogP contribution in [0.5, 0.6) is 0 Å². The topological polar surface area (TPSA) is 44.8 Å². The summed E-state index contributed by atoms with van der Waals surface area (Å²) in [6.45, 7) is 4.57. The largest absolute Gasteiger partial charge is 0.354 e. The second-order valence-corrected chi connectivity index (χ2v) is 7.38. The summed E-state index contributed by atoms with van der Waals surface area (Å²) in [5, 5.41) is 1.22. The Bertz CT molecular complexity index is 1150. The first-order chi connectivity index (χ1) is 13.7. The van der Waals surface area contributed by atoms with Crippen LogP contribution >= 0.6 is 0 Å². The molecule has 5 rings (SSSR count). The number of hydrogen-bond acceptors (Lipinski definition) is 3. The standard InChI is InChI=1S/C23H21FN4/c1-15-25-12-17-13-28(11-10-21(17)26-15)14-20-19-4-2-3-5-22(19)27-23(20)16-6-8-18(24)9-7-16/h2-9,12,27H,10-11,13-14H2,1H3. The van der Waals surface area contributed by atoms with Crippen molar-refractivity contribution in [3.8, 4) is 11.3 Å². The van der Waals surface area contributed by atoms with Crippen LogP contribution in [0.4, 0.5) is 4.39 Å². The summed E-state index contributed by atoms with van der Waals surface area (Å²) in [7, 11) is 0. The number of halogens is 1. The highest BCUT2D eigenvalue weighted by Gasteiger charge is 2.21. The quantitative estimate of drug-likeness (QED) is 0.570. The van der Waals surface area contributed by atoms with E-state index in [4.69, 9.17) is 0 Å². The van der Waals surface area contributed by atoms with Gasteiger partial charge in [0.05, 0.1) is 5.69 Å². The molecule has 2 aromatic carbocycles. The van der Waals surface area contributed by atoms with Crippen LogP contribution in [-0.4, -0.2) is 26.4 Å². The zero-order valence-electron chi connectivity index (χ0n) is 15.7. The minimum atomic E-state index is -0.218. The van der Waals surface area contributed by atoms with Crippen molar-refractivity contribution in [3.05, 3.63) is 83.2 Å². The molecule has 2 aromatic heterocycles. The molecule has 0 aliphatic carbocycles. The van der Waals surface area contributed by atoms with Crippen molar-refractivity contribution in [2.24, 2.45) is 0 Å². The van der Waals surface area contributed by atoms with E-state index in [1.54, 1.807) is 0 Å². The van der Waals surface area contributed by atoms with Gasteiger partial charge in [-0.2, -0.15) is 0 Å². The molecule has 0 radical (unpaired) electrons. The van der Waals surface area contributed by atoms with Crippen LogP contribution in [0.3, 0.4) is 0 Å². The van der Waals surface area contributed by atoms with Gasteiger partial charge in [-0.3, -0.25) is 4.90 Å². The summed E-state index contributed by atoms with van der Waals surface area (Å²) in [5.41, 5.74) is 6.80. The first kappa shape index (κ1) is 17.1. The van der Waals surface area contributed by atoms with E-state index in [0.717, 1.165) is 48.7 Å². The highest BCUT2D eigenvalue weighted by molar-refractivity contribution is 5.90. The number of aromatic nitrogens is 3. The van der Waals surface area contributed by atoms with E-state index in [1.807, 2.05) is 31.3 Å². The van der Waals surface area contributed by atoms with Crippen LogP contribution in [0.1, 0.15) is 22.6 Å². The Kier molecular flexibility index (Phi) is 4.17. The van der Waals surface area contributed by atoms with Crippen molar-refractivity contribution >= 4 is 10.9 Å². The van der Waals surface area contributed by atoms with Gasteiger partial charge in [0, 0.05) is 54.4 Å². The number of aromatic amines is 1. The van der Waals surface area contributed by atoms with E-state index in [-0.39, 0.29) is 5.82 Å². The number of nitrogens with zero attached hydrogens (tertiary/aromatic N) is 3. The summed E-state index contributed by atoms with van der Waals surface area (Å²) in [6.07, 6.45) is 2.90. The number of hydrogen-bond donors (Lipinski definition) is 1. The lowest BCUT2D eigenvalue weighted by atomic mass is 10.0. The van der Waals surface area contributed by atoms with Crippen molar-refractivity contribution in [2.75, 3.05) is 6.54 Å². The molecule has 1 aliphatic rings. The molecular formula is C23H21FN4. The molecule has 4 aromatic rings. The van der Waals surface area contributed by atoms with E-state index in [9.17, 15) is 4.39 Å². The Balaban J connectivity index is 1.52. The molecule has 5 heteroatoms. The number of aryl methyl sites for hydroxylation is 1. The second-order valence-electron chi connectivity index (χ2n) is 7.38.